The lowest BCUT2D eigenvalue weighted by Gasteiger charge is -2.34. The van der Waals surface area contributed by atoms with Gasteiger partial charge in [-0.15, -0.1) is 11.3 Å². The van der Waals surface area contributed by atoms with Crippen molar-refractivity contribution < 1.29 is 18.7 Å². The number of aromatic nitrogens is 1. The molecule has 0 bridgehead atoms. The first kappa shape index (κ1) is 21.5. The summed E-state index contributed by atoms with van der Waals surface area (Å²) in [5, 5.41) is 8.04. The summed E-state index contributed by atoms with van der Waals surface area (Å²) in [7, 11) is 0. The Morgan fingerprint density at radius 1 is 1.31 bits per heavy atom. The second kappa shape index (κ2) is 9.51. The molecular formula is C20H28N4O4S. The van der Waals surface area contributed by atoms with Crippen LogP contribution in [0.3, 0.4) is 0 Å². The van der Waals surface area contributed by atoms with Crippen LogP contribution in [0.4, 0.5) is 5.13 Å². The highest BCUT2D eigenvalue weighted by Gasteiger charge is 2.27. The minimum absolute atomic E-state index is 0.0929. The van der Waals surface area contributed by atoms with Crippen LogP contribution in [0, 0.1) is 5.92 Å². The summed E-state index contributed by atoms with van der Waals surface area (Å²) in [6.45, 7) is 10.3. The molecule has 158 valence electrons. The van der Waals surface area contributed by atoms with E-state index in [4.69, 9.17) is 9.15 Å². The Morgan fingerprint density at radius 3 is 2.66 bits per heavy atom. The fourth-order valence-electron chi connectivity index (χ4n) is 3.42. The molecule has 1 aliphatic heterocycles. The van der Waals surface area contributed by atoms with Gasteiger partial charge in [-0.1, -0.05) is 13.8 Å². The number of ether oxygens (including phenoxy) is 1. The van der Waals surface area contributed by atoms with Crippen LogP contribution >= 0.6 is 11.3 Å². The van der Waals surface area contributed by atoms with Gasteiger partial charge in [0.2, 0.25) is 5.91 Å². The molecule has 3 heterocycles. The molecule has 0 aliphatic carbocycles. The summed E-state index contributed by atoms with van der Waals surface area (Å²) in [6.07, 6.45) is 1.81. The Balaban J connectivity index is 1.58. The zero-order valence-electron chi connectivity index (χ0n) is 17.2. The molecule has 2 aromatic heterocycles. The Bertz CT molecular complexity index is 810. The van der Waals surface area contributed by atoms with E-state index in [1.165, 1.54) is 17.6 Å². The van der Waals surface area contributed by atoms with Gasteiger partial charge in [0.05, 0.1) is 24.2 Å². The van der Waals surface area contributed by atoms with Crippen molar-refractivity contribution in [1.29, 1.82) is 0 Å². The Kier molecular flexibility index (Phi) is 7.05. The van der Waals surface area contributed by atoms with Gasteiger partial charge < -0.3 is 19.8 Å². The van der Waals surface area contributed by atoms with E-state index in [1.54, 1.807) is 12.1 Å². The number of hydrogen-bond acceptors (Lipinski definition) is 7. The molecule has 1 aliphatic rings. The SMILES string of the molecule is CC1CN(Cc2csc(NC(=O)C(NC(=O)c3ccco3)C(C)C)n2)CC(C)O1. The molecule has 0 spiro atoms. The summed E-state index contributed by atoms with van der Waals surface area (Å²) in [5.41, 5.74) is 0.910. The van der Waals surface area contributed by atoms with E-state index in [0.29, 0.717) is 11.7 Å². The Labute approximate surface area is 174 Å². The number of thiazole rings is 1. The summed E-state index contributed by atoms with van der Waals surface area (Å²) in [4.78, 5) is 31.8. The molecule has 8 nitrogen and oxygen atoms in total. The molecule has 2 aromatic rings. The number of carbonyl (C=O) groups is 2. The van der Waals surface area contributed by atoms with Gasteiger partial charge >= 0.3 is 0 Å². The maximum atomic E-state index is 12.7. The first-order valence-corrected chi connectivity index (χ1v) is 10.7. The van der Waals surface area contributed by atoms with E-state index in [-0.39, 0.29) is 29.8 Å². The lowest BCUT2D eigenvalue weighted by molar-refractivity contribution is -0.118. The fourth-order valence-corrected chi connectivity index (χ4v) is 4.12. The molecule has 0 aromatic carbocycles. The molecule has 9 heteroatoms. The van der Waals surface area contributed by atoms with Crippen molar-refractivity contribution in [2.45, 2.75) is 52.5 Å². The molecule has 2 N–H and O–H groups in total. The average Bonchev–Trinajstić information content (AvgIpc) is 3.30. The first-order chi connectivity index (χ1) is 13.8. The van der Waals surface area contributed by atoms with Gasteiger partial charge in [0.1, 0.15) is 6.04 Å². The average molecular weight is 421 g/mol. The van der Waals surface area contributed by atoms with E-state index in [9.17, 15) is 9.59 Å². The van der Waals surface area contributed by atoms with Crippen molar-refractivity contribution in [2.24, 2.45) is 5.92 Å². The quantitative estimate of drug-likeness (QED) is 0.715. The molecule has 1 saturated heterocycles. The number of rotatable bonds is 7. The van der Waals surface area contributed by atoms with Crippen LogP contribution < -0.4 is 10.6 Å². The van der Waals surface area contributed by atoms with Crippen LogP contribution in [0.25, 0.3) is 0 Å². The van der Waals surface area contributed by atoms with Crippen LogP contribution in [0.2, 0.25) is 0 Å². The van der Waals surface area contributed by atoms with Crippen molar-refractivity contribution in [3.8, 4) is 0 Å². The number of anilines is 1. The number of carbonyl (C=O) groups excluding carboxylic acids is 2. The molecule has 0 saturated carbocycles. The van der Waals surface area contributed by atoms with Gasteiger partial charge in [-0.05, 0) is 31.9 Å². The highest BCUT2D eigenvalue weighted by Crippen LogP contribution is 2.20. The monoisotopic (exact) mass is 420 g/mol. The smallest absolute Gasteiger partial charge is 0.287 e. The Hall–Kier alpha value is -2.23. The van der Waals surface area contributed by atoms with Crippen LogP contribution in [0.5, 0.6) is 0 Å². The van der Waals surface area contributed by atoms with Gasteiger partial charge in [0, 0.05) is 25.0 Å². The van der Waals surface area contributed by atoms with Crippen molar-refractivity contribution in [3.05, 3.63) is 35.2 Å². The predicted molar refractivity (Wildman–Crippen MR) is 111 cm³/mol. The van der Waals surface area contributed by atoms with Crippen LogP contribution in [0.1, 0.15) is 43.9 Å². The molecular weight excluding hydrogens is 392 g/mol. The second-order valence-corrected chi connectivity index (χ2v) is 8.62. The third-order valence-corrected chi connectivity index (χ3v) is 5.45. The van der Waals surface area contributed by atoms with E-state index in [1.807, 2.05) is 19.2 Å². The van der Waals surface area contributed by atoms with E-state index in [2.05, 4.69) is 34.4 Å². The zero-order valence-corrected chi connectivity index (χ0v) is 18.0. The lowest BCUT2D eigenvalue weighted by Crippen LogP contribution is -2.47. The third-order valence-electron chi connectivity index (χ3n) is 4.64. The molecule has 3 rings (SSSR count). The molecule has 3 unspecified atom stereocenters. The predicted octanol–water partition coefficient (Wildman–Crippen LogP) is 2.74. The normalized spacial score (nSPS) is 21.1. The van der Waals surface area contributed by atoms with E-state index >= 15 is 0 Å². The van der Waals surface area contributed by atoms with E-state index < -0.39 is 11.9 Å². The summed E-state index contributed by atoms with van der Waals surface area (Å²) >= 11 is 1.38. The van der Waals surface area contributed by atoms with Crippen LogP contribution in [0.15, 0.2) is 28.2 Å². The highest BCUT2D eigenvalue weighted by atomic mass is 32.1. The van der Waals surface area contributed by atoms with Gasteiger partial charge in [-0.2, -0.15) is 0 Å². The minimum atomic E-state index is -0.694. The number of hydrogen-bond donors (Lipinski definition) is 2. The van der Waals surface area contributed by atoms with Crippen LogP contribution in [-0.4, -0.2) is 53.0 Å². The summed E-state index contributed by atoms with van der Waals surface area (Å²) in [5.74, 6) is -0.632. The van der Waals surface area contributed by atoms with Crippen molar-refractivity contribution in [2.75, 3.05) is 18.4 Å². The molecule has 0 radical (unpaired) electrons. The number of furan rings is 1. The van der Waals surface area contributed by atoms with Gasteiger partial charge in [0.15, 0.2) is 10.9 Å². The van der Waals surface area contributed by atoms with Crippen molar-refractivity contribution in [1.82, 2.24) is 15.2 Å². The zero-order chi connectivity index (χ0) is 21.0. The Morgan fingerprint density at radius 2 is 2.03 bits per heavy atom. The summed E-state index contributed by atoms with van der Waals surface area (Å²) in [6, 6.07) is 2.50. The molecule has 29 heavy (non-hydrogen) atoms. The number of morpholine rings is 1. The third kappa shape index (κ3) is 5.88. The number of nitrogens with zero attached hydrogens (tertiary/aromatic N) is 2. The highest BCUT2D eigenvalue weighted by molar-refractivity contribution is 7.13. The topological polar surface area (TPSA) is 96.7 Å². The minimum Gasteiger partial charge on any atom is -0.459 e. The van der Waals surface area contributed by atoms with Crippen LogP contribution in [-0.2, 0) is 16.1 Å². The second-order valence-electron chi connectivity index (χ2n) is 7.76. The largest absolute Gasteiger partial charge is 0.459 e. The molecule has 2 amide bonds. The van der Waals surface area contributed by atoms with Gasteiger partial charge in [-0.3, -0.25) is 14.5 Å². The number of amides is 2. The van der Waals surface area contributed by atoms with E-state index in [0.717, 1.165) is 18.8 Å². The van der Waals surface area contributed by atoms with Crippen molar-refractivity contribution >= 4 is 28.3 Å². The lowest BCUT2D eigenvalue weighted by atomic mass is 10.0. The maximum absolute atomic E-state index is 12.7. The fraction of sp³-hybridized carbons (Fsp3) is 0.550. The van der Waals surface area contributed by atoms with Crippen molar-refractivity contribution in [3.63, 3.8) is 0 Å². The number of nitrogens with one attached hydrogen (secondary N) is 2. The molecule has 1 fully saturated rings. The first-order valence-electron chi connectivity index (χ1n) is 9.79. The van der Waals surface area contributed by atoms with Gasteiger partial charge in [-0.25, -0.2) is 4.98 Å². The summed E-state index contributed by atoms with van der Waals surface area (Å²) < 4.78 is 10.9. The molecule has 3 atom stereocenters. The van der Waals surface area contributed by atoms with Gasteiger partial charge in [0.25, 0.3) is 5.91 Å². The standard InChI is InChI=1S/C20H28N4O4S/c1-12(2)17(22-18(25)16-6-5-7-27-16)19(26)23-20-21-15(11-29-20)10-24-8-13(3)28-14(4)9-24/h5-7,11-14,17H,8-10H2,1-4H3,(H,22,25)(H,21,23,26). The maximum Gasteiger partial charge on any atom is 0.287 e.